The first-order valence-corrected chi connectivity index (χ1v) is 14.9. The first-order valence-electron chi connectivity index (χ1n) is 14.1. The van der Waals surface area contributed by atoms with Crippen molar-refractivity contribution in [3.63, 3.8) is 0 Å². The molecular formula is C34H27N3O7S. The van der Waals surface area contributed by atoms with Crippen molar-refractivity contribution in [1.29, 1.82) is 0 Å². The van der Waals surface area contributed by atoms with Crippen molar-refractivity contribution in [2.24, 2.45) is 4.99 Å². The highest BCUT2D eigenvalue weighted by Gasteiger charge is 2.35. The monoisotopic (exact) mass is 621 g/mol. The van der Waals surface area contributed by atoms with Crippen LogP contribution in [0.2, 0.25) is 0 Å². The Morgan fingerprint density at radius 3 is 2.60 bits per heavy atom. The van der Waals surface area contributed by atoms with Crippen molar-refractivity contribution in [3.05, 3.63) is 143 Å². The number of hydrogen-bond donors (Lipinski definition) is 0. The van der Waals surface area contributed by atoms with Crippen molar-refractivity contribution < 1.29 is 23.6 Å². The van der Waals surface area contributed by atoms with Gasteiger partial charge in [0.05, 0.1) is 40.5 Å². The molecule has 0 saturated carbocycles. The number of benzene rings is 3. The predicted octanol–water partition coefficient (Wildman–Crippen LogP) is 5.42. The summed E-state index contributed by atoms with van der Waals surface area (Å²) in [5.74, 6) is 0.919. The lowest BCUT2D eigenvalue weighted by atomic mass is 9.93. The number of furan rings is 1. The number of thiazole rings is 1. The van der Waals surface area contributed by atoms with Gasteiger partial charge in [0.15, 0.2) is 4.80 Å². The number of carbonyl (C=O) groups is 1. The van der Waals surface area contributed by atoms with Crippen molar-refractivity contribution in [2.75, 3.05) is 13.7 Å². The summed E-state index contributed by atoms with van der Waals surface area (Å²) < 4.78 is 18.9. The summed E-state index contributed by atoms with van der Waals surface area (Å²) in [7, 11) is 1.55. The Hall–Kier alpha value is -5.55. The number of ether oxygens (including phenoxy) is 2. The number of hydrogen-bond acceptors (Lipinski definition) is 9. The molecule has 1 atom stereocenters. The zero-order valence-electron chi connectivity index (χ0n) is 24.6. The quantitative estimate of drug-likeness (QED) is 0.129. The molecule has 0 saturated heterocycles. The van der Waals surface area contributed by atoms with Crippen molar-refractivity contribution >= 4 is 34.8 Å². The average molecular weight is 622 g/mol. The van der Waals surface area contributed by atoms with Gasteiger partial charge >= 0.3 is 5.97 Å². The summed E-state index contributed by atoms with van der Waals surface area (Å²) in [6.07, 6.45) is 1.63. The summed E-state index contributed by atoms with van der Waals surface area (Å²) in [6.45, 7) is 3.65. The molecule has 1 aliphatic rings. The molecule has 1 unspecified atom stereocenters. The smallest absolute Gasteiger partial charge is 0.338 e. The maximum Gasteiger partial charge on any atom is 0.338 e. The number of nitro benzene ring substituents is 1. The zero-order valence-corrected chi connectivity index (χ0v) is 25.4. The lowest BCUT2D eigenvalue weighted by molar-refractivity contribution is -0.384. The summed E-state index contributed by atoms with van der Waals surface area (Å²) in [5.41, 5.74) is 3.04. The first kappa shape index (κ1) is 29.5. The minimum Gasteiger partial charge on any atom is -0.497 e. The molecule has 0 radical (unpaired) electrons. The van der Waals surface area contributed by atoms with E-state index in [1.807, 2.05) is 36.4 Å². The van der Waals surface area contributed by atoms with Crippen LogP contribution < -0.4 is 19.6 Å². The van der Waals surface area contributed by atoms with Crippen LogP contribution in [-0.4, -0.2) is 29.2 Å². The second-order valence-corrected chi connectivity index (χ2v) is 11.2. The lowest BCUT2D eigenvalue weighted by Crippen LogP contribution is -2.40. The first-order chi connectivity index (χ1) is 21.8. The maximum absolute atomic E-state index is 14.1. The van der Waals surface area contributed by atoms with Crippen LogP contribution in [0.5, 0.6) is 5.75 Å². The zero-order chi connectivity index (χ0) is 31.7. The molecule has 11 heteroatoms. The fourth-order valence-corrected chi connectivity index (χ4v) is 6.29. The second kappa shape index (κ2) is 12.2. The van der Waals surface area contributed by atoms with Crippen LogP contribution in [0.15, 0.2) is 105 Å². The Balaban J connectivity index is 1.54. The van der Waals surface area contributed by atoms with Crippen LogP contribution in [-0.2, 0) is 9.53 Å². The predicted molar refractivity (Wildman–Crippen MR) is 170 cm³/mol. The molecular weight excluding hydrogens is 594 g/mol. The van der Waals surface area contributed by atoms with Crippen LogP contribution in [0.3, 0.4) is 0 Å². The Bertz CT molecular complexity index is 2160. The Morgan fingerprint density at radius 1 is 1.09 bits per heavy atom. The van der Waals surface area contributed by atoms with Gasteiger partial charge in [-0.25, -0.2) is 9.79 Å². The van der Waals surface area contributed by atoms with Gasteiger partial charge in [-0.3, -0.25) is 19.5 Å². The molecule has 0 aliphatic carbocycles. The molecule has 2 aromatic heterocycles. The fraction of sp³-hybridized carbons (Fsp3) is 0.147. The number of esters is 1. The molecule has 0 amide bonds. The van der Waals surface area contributed by atoms with Gasteiger partial charge in [0.25, 0.3) is 11.2 Å². The third-order valence-electron chi connectivity index (χ3n) is 7.37. The van der Waals surface area contributed by atoms with E-state index < -0.39 is 16.9 Å². The van der Waals surface area contributed by atoms with Crippen molar-refractivity contribution in [2.45, 2.75) is 19.9 Å². The molecule has 3 heterocycles. The standard InChI is InChI=1S/C34H27N3O7S/c1-4-43-33(39)29-30(21-9-6-5-7-10-21)35-34-36(31(29)22-11-8-12-24(18-22)42-3)32(38)28(45-34)19-25-14-16-27(44-25)26-15-13-23(37(40)41)17-20(26)2/h5-19,31H,4H2,1-3H3/b28-19-. The summed E-state index contributed by atoms with van der Waals surface area (Å²) in [4.78, 5) is 43.7. The molecule has 45 heavy (non-hydrogen) atoms. The number of methoxy groups -OCH3 is 1. The molecule has 226 valence electrons. The minimum absolute atomic E-state index is 0.00760. The van der Waals surface area contributed by atoms with Crippen molar-refractivity contribution in [3.8, 4) is 17.1 Å². The third kappa shape index (κ3) is 5.61. The van der Waals surface area contributed by atoms with Gasteiger partial charge in [0.1, 0.15) is 17.3 Å². The molecule has 10 nitrogen and oxygen atoms in total. The van der Waals surface area contributed by atoms with E-state index in [2.05, 4.69) is 0 Å². The van der Waals surface area contributed by atoms with Crippen molar-refractivity contribution in [1.82, 2.24) is 4.57 Å². The fourth-order valence-electron chi connectivity index (χ4n) is 5.31. The summed E-state index contributed by atoms with van der Waals surface area (Å²) in [5, 5.41) is 11.2. The van der Waals surface area contributed by atoms with E-state index in [-0.39, 0.29) is 23.4 Å². The van der Waals surface area contributed by atoms with E-state index in [9.17, 15) is 19.7 Å². The Kier molecular flexibility index (Phi) is 8.01. The normalized spacial score (nSPS) is 14.6. The average Bonchev–Trinajstić information content (AvgIpc) is 3.64. The summed E-state index contributed by atoms with van der Waals surface area (Å²) >= 11 is 1.18. The largest absolute Gasteiger partial charge is 0.497 e. The van der Waals surface area contributed by atoms with Crippen LogP contribution in [0.25, 0.3) is 23.1 Å². The Labute approximate surface area is 261 Å². The van der Waals surface area contributed by atoms with E-state index in [0.29, 0.717) is 54.6 Å². The Morgan fingerprint density at radius 2 is 1.89 bits per heavy atom. The summed E-state index contributed by atoms with van der Waals surface area (Å²) in [6, 6.07) is 23.7. The van der Waals surface area contributed by atoms with E-state index in [1.54, 1.807) is 63.4 Å². The van der Waals surface area contributed by atoms with Gasteiger partial charge in [0, 0.05) is 29.3 Å². The number of rotatable bonds is 8. The number of aryl methyl sites for hydroxylation is 1. The van der Waals surface area contributed by atoms with Gasteiger partial charge in [-0.1, -0.05) is 53.8 Å². The molecule has 6 rings (SSSR count). The molecule has 1 aliphatic heterocycles. The molecule has 3 aromatic carbocycles. The SMILES string of the molecule is CCOC(=O)C1=C(c2ccccc2)N=c2s/c(=C\c3ccc(-c4ccc([N+](=O)[O-])cc4C)o3)c(=O)n2C1c1cccc(OC)c1. The number of non-ortho nitro benzene ring substituents is 1. The van der Waals surface area contributed by atoms with Gasteiger partial charge in [-0.05, 0) is 55.3 Å². The number of carbonyl (C=O) groups excluding carboxylic acids is 1. The number of fused-ring (bicyclic) bond motifs is 1. The number of aromatic nitrogens is 1. The lowest BCUT2D eigenvalue weighted by Gasteiger charge is -2.26. The van der Waals surface area contributed by atoms with E-state index >= 15 is 0 Å². The van der Waals surface area contributed by atoms with Crippen LogP contribution >= 0.6 is 11.3 Å². The van der Waals surface area contributed by atoms with E-state index in [4.69, 9.17) is 18.9 Å². The van der Waals surface area contributed by atoms with E-state index in [0.717, 1.165) is 0 Å². The number of nitro groups is 1. The molecule has 0 spiro atoms. The number of nitrogens with zero attached hydrogens (tertiary/aromatic N) is 3. The highest BCUT2D eigenvalue weighted by Crippen LogP contribution is 2.36. The minimum atomic E-state index is -0.845. The second-order valence-electron chi connectivity index (χ2n) is 10.2. The van der Waals surface area contributed by atoms with Gasteiger partial charge in [-0.2, -0.15) is 0 Å². The van der Waals surface area contributed by atoms with E-state index in [1.165, 1.54) is 28.0 Å². The van der Waals surface area contributed by atoms with Gasteiger partial charge in [-0.15, -0.1) is 0 Å². The third-order valence-corrected chi connectivity index (χ3v) is 8.35. The maximum atomic E-state index is 14.1. The molecule has 0 fully saturated rings. The topological polar surface area (TPSA) is 126 Å². The van der Waals surface area contributed by atoms with Crippen LogP contribution in [0, 0.1) is 17.0 Å². The van der Waals surface area contributed by atoms with Gasteiger partial charge in [0.2, 0.25) is 0 Å². The van der Waals surface area contributed by atoms with Gasteiger partial charge < -0.3 is 13.9 Å². The molecule has 0 bridgehead atoms. The highest BCUT2D eigenvalue weighted by atomic mass is 32.1. The van der Waals surface area contributed by atoms with Crippen LogP contribution in [0.4, 0.5) is 5.69 Å². The van der Waals surface area contributed by atoms with Crippen LogP contribution in [0.1, 0.15) is 35.4 Å². The molecule has 5 aromatic rings. The highest BCUT2D eigenvalue weighted by molar-refractivity contribution is 7.07. The molecule has 0 N–H and O–H groups in total.